The average molecular weight is 260 g/mol. The van der Waals surface area contributed by atoms with E-state index in [2.05, 4.69) is 39.0 Å². The molecular weight excluding hydrogens is 240 g/mol. The Balaban J connectivity index is 2.19. The SMILES string of the molecule is CC(C)(C)c1nc2c(C3(N)CCC3)cccc2s1. The second kappa shape index (κ2) is 3.78. The summed E-state index contributed by atoms with van der Waals surface area (Å²) in [4.78, 5) is 4.87. The summed E-state index contributed by atoms with van der Waals surface area (Å²) >= 11 is 1.80. The molecule has 1 aliphatic rings. The van der Waals surface area contributed by atoms with Gasteiger partial charge >= 0.3 is 0 Å². The fourth-order valence-corrected chi connectivity index (χ4v) is 3.55. The van der Waals surface area contributed by atoms with Crippen molar-refractivity contribution in [2.75, 3.05) is 0 Å². The summed E-state index contributed by atoms with van der Waals surface area (Å²) in [7, 11) is 0. The topological polar surface area (TPSA) is 38.9 Å². The maximum absolute atomic E-state index is 6.47. The van der Waals surface area contributed by atoms with Crippen LogP contribution in [0, 0.1) is 0 Å². The van der Waals surface area contributed by atoms with E-state index >= 15 is 0 Å². The lowest BCUT2D eigenvalue weighted by molar-refractivity contribution is 0.255. The molecule has 96 valence electrons. The first kappa shape index (κ1) is 12.1. The molecule has 18 heavy (non-hydrogen) atoms. The molecule has 0 saturated heterocycles. The normalized spacial score (nSPS) is 18.9. The Labute approximate surface area is 112 Å². The summed E-state index contributed by atoms with van der Waals surface area (Å²) < 4.78 is 1.27. The van der Waals surface area contributed by atoms with Crippen molar-refractivity contribution in [2.24, 2.45) is 5.73 Å². The minimum atomic E-state index is -0.122. The Morgan fingerprint density at radius 3 is 2.56 bits per heavy atom. The van der Waals surface area contributed by atoms with Gasteiger partial charge in [0.05, 0.1) is 15.2 Å². The van der Waals surface area contributed by atoms with Gasteiger partial charge in [0.2, 0.25) is 0 Å². The molecule has 1 aliphatic carbocycles. The zero-order chi connectivity index (χ0) is 13.0. The maximum atomic E-state index is 6.47. The molecule has 2 N–H and O–H groups in total. The molecule has 1 aromatic heterocycles. The molecule has 1 aromatic carbocycles. The van der Waals surface area contributed by atoms with E-state index in [1.165, 1.54) is 21.7 Å². The summed E-state index contributed by atoms with van der Waals surface area (Å²) in [5, 5.41) is 1.20. The van der Waals surface area contributed by atoms with Gasteiger partial charge in [-0.1, -0.05) is 32.9 Å². The number of nitrogens with two attached hydrogens (primary N) is 1. The minimum Gasteiger partial charge on any atom is -0.321 e. The molecule has 0 unspecified atom stereocenters. The number of rotatable bonds is 1. The fourth-order valence-electron chi connectivity index (χ4n) is 2.50. The average Bonchev–Trinajstić information content (AvgIpc) is 2.68. The third kappa shape index (κ3) is 1.77. The molecule has 0 amide bonds. The van der Waals surface area contributed by atoms with Crippen molar-refractivity contribution >= 4 is 21.6 Å². The number of nitrogens with zero attached hydrogens (tertiary/aromatic N) is 1. The van der Waals surface area contributed by atoms with Crippen LogP contribution < -0.4 is 5.73 Å². The summed E-state index contributed by atoms with van der Waals surface area (Å²) in [6.45, 7) is 6.64. The molecule has 3 heteroatoms. The van der Waals surface area contributed by atoms with Crippen molar-refractivity contribution < 1.29 is 0 Å². The molecule has 0 spiro atoms. The van der Waals surface area contributed by atoms with E-state index in [1.807, 2.05) is 0 Å². The monoisotopic (exact) mass is 260 g/mol. The standard InChI is InChI=1S/C15H20N2S/c1-14(2,3)13-17-12-10(15(16)8-5-9-15)6-4-7-11(12)18-13/h4,6-7H,5,8-9,16H2,1-3H3. The number of fused-ring (bicyclic) bond motifs is 1. The minimum absolute atomic E-state index is 0.113. The van der Waals surface area contributed by atoms with Gasteiger partial charge in [0.15, 0.2) is 0 Å². The lowest BCUT2D eigenvalue weighted by Gasteiger charge is -2.38. The maximum Gasteiger partial charge on any atom is 0.0992 e. The van der Waals surface area contributed by atoms with Crippen molar-refractivity contribution in [3.8, 4) is 0 Å². The van der Waals surface area contributed by atoms with Crippen molar-refractivity contribution in [1.29, 1.82) is 0 Å². The van der Waals surface area contributed by atoms with E-state index in [0.717, 1.165) is 18.4 Å². The molecule has 1 fully saturated rings. The van der Waals surface area contributed by atoms with Crippen LogP contribution in [0.25, 0.3) is 10.2 Å². The van der Waals surface area contributed by atoms with Gasteiger partial charge in [-0.15, -0.1) is 11.3 Å². The highest BCUT2D eigenvalue weighted by molar-refractivity contribution is 7.18. The largest absolute Gasteiger partial charge is 0.321 e. The Hall–Kier alpha value is -0.930. The Bertz CT molecular complexity index is 588. The first-order valence-corrected chi connectivity index (χ1v) is 7.41. The summed E-state index contributed by atoms with van der Waals surface area (Å²) in [5.74, 6) is 0. The fraction of sp³-hybridized carbons (Fsp3) is 0.533. The second-order valence-electron chi connectivity index (χ2n) is 6.43. The first-order valence-electron chi connectivity index (χ1n) is 6.60. The van der Waals surface area contributed by atoms with E-state index in [-0.39, 0.29) is 11.0 Å². The van der Waals surface area contributed by atoms with Gasteiger partial charge in [0, 0.05) is 11.0 Å². The van der Waals surface area contributed by atoms with Gasteiger partial charge in [-0.2, -0.15) is 0 Å². The number of para-hydroxylation sites is 1. The zero-order valence-corrected chi connectivity index (χ0v) is 12.1. The van der Waals surface area contributed by atoms with Crippen LogP contribution in [-0.4, -0.2) is 4.98 Å². The molecule has 2 nitrogen and oxygen atoms in total. The van der Waals surface area contributed by atoms with E-state index < -0.39 is 0 Å². The molecule has 0 bridgehead atoms. The number of aromatic nitrogens is 1. The second-order valence-corrected chi connectivity index (χ2v) is 7.46. The van der Waals surface area contributed by atoms with Gasteiger partial charge < -0.3 is 5.73 Å². The van der Waals surface area contributed by atoms with E-state index in [9.17, 15) is 0 Å². The van der Waals surface area contributed by atoms with Crippen LogP contribution in [0.4, 0.5) is 0 Å². The third-order valence-electron chi connectivity index (χ3n) is 3.84. The predicted octanol–water partition coefficient (Wildman–Crippen LogP) is 3.93. The van der Waals surface area contributed by atoms with Crippen LogP contribution in [0.1, 0.15) is 50.6 Å². The van der Waals surface area contributed by atoms with Crippen LogP contribution in [0.15, 0.2) is 18.2 Å². The van der Waals surface area contributed by atoms with Crippen LogP contribution in [0.5, 0.6) is 0 Å². The van der Waals surface area contributed by atoms with Crippen molar-refractivity contribution in [1.82, 2.24) is 4.98 Å². The van der Waals surface area contributed by atoms with Gasteiger partial charge in [-0.05, 0) is 30.9 Å². The van der Waals surface area contributed by atoms with Crippen molar-refractivity contribution in [3.63, 3.8) is 0 Å². The smallest absolute Gasteiger partial charge is 0.0992 e. The van der Waals surface area contributed by atoms with Crippen molar-refractivity contribution in [3.05, 3.63) is 28.8 Å². The highest BCUT2D eigenvalue weighted by Crippen LogP contribution is 2.43. The number of benzene rings is 1. The highest BCUT2D eigenvalue weighted by atomic mass is 32.1. The third-order valence-corrected chi connectivity index (χ3v) is 5.29. The van der Waals surface area contributed by atoms with Crippen LogP contribution >= 0.6 is 11.3 Å². The lowest BCUT2D eigenvalue weighted by atomic mass is 9.72. The molecular formula is C15H20N2S. The summed E-state index contributed by atoms with van der Waals surface area (Å²) in [6.07, 6.45) is 3.42. The van der Waals surface area contributed by atoms with Gasteiger partial charge in [0.1, 0.15) is 0 Å². The van der Waals surface area contributed by atoms with Gasteiger partial charge in [-0.3, -0.25) is 0 Å². The van der Waals surface area contributed by atoms with Gasteiger partial charge in [-0.25, -0.2) is 4.98 Å². The molecule has 1 heterocycles. The van der Waals surface area contributed by atoms with Crippen molar-refractivity contribution in [2.45, 2.75) is 51.0 Å². The Morgan fingerprint density at radius 2 is 2.00 bits per heavy atom. The Kier molecular flexibility index (Phi) is 2.55. The lowest BCUT2D eigenvalue weighted by Crippen LogP contribution is -2.43. The zero-order valence-electron chi connectivity index (χ0n) is 11.3. The predicted molar refractivity (Wildman–Crippen MR) is 78.0 cm³/mol. The van der Waals surface area contributed by atoms with E-state index in [4.69, 9.17) is 10.7 Å². The summed E-state index contributed by atoms with van der Waals surface area (Å²) in [6, 6.07) is 6.44. The summed E-state index contributed by atoms with van der Waals surface area (Å²) in [5.41, 5.74) is 8.85. The van der Waals surface area contributed by atoms with E-state index in [1.54, 1.807) is 11.3 Å². The number of thiazole rings is 1. The molecule has 0 aliphatic heterocycles. The van der Waals surface area contributed by atoms with Crippen LogP contribution in [0.3, 0.4) is 0 Å². The molecule has 1 saturated carbocycles. The number of hydrogen-bond acceptors (Lipinski definition) is 3. The van der Waals surface area contributed by atoms with Crippen LogP contribution in [0.2, 0.25) is 0 Å². The number of hydrogen-bond donors (Lipinski definition) is 1. The Morgan fingerprint density at radius 1 is 1.28 bits per heavy atom. The molecule has 2 aromatic rings. The molecule has 0 radical (unpaired) electrons. The first-order chi connectivity index (χ1) is 8.40. The van der Waals surface area contributed by atoms with Gasteiger partial charge in [0.25, 0.3) is 0 Å². The highest BCUT2D eigenvalue weighted by Gasteiger charge is 2.36. The quantitative estimate of drug-likeness (QED) is 0.843. The van der Waals surface area contributed by atoms with E-state index in [0.29, 0.717) is 0 Å². The molecule has 3 rings (SSSR count). The van der Waals surface area contributed by atoms with Crippen LogP contribution in [-0.2, 0) is 11.0 Å². The molecule has 0 atom stereocenters.